The van der Waals surface area contributed by atoms with Crippen molar-refractivity contribution < 1.29 is 17.9 Å². The Labute approximate surface area is 207 Å². The van der Waals surface area contributed by atoms with Crippen LogP contribution in [0.5, 0.6) is 5.75 Å². The molecule has 4 rings (SSSR count). The molecule has 34 heavy (non-hydrogen) atoms. The highest BCUT2D eigenvalue weighted by Crippen LogP contribution is 2.31. The van der Waals surface area contributed by atoms with Crippen LogP contribution in [0.1, 0.15) is 38.2 Å². The maximum atomic E-state index is 13.3. The number of carbonyl (C=O) groups excluding carboxylic acids is 1. The summed E-state index contributed by atoms with van der Waals surface area (Å²) in [5.74, 6) is 0.833. The first-order chi connectivity index (χ1) is 16.4. The van der Waals surface area contributed by atoms with Crippen molar-refractivity contribution in [3.8, 4) is 5.75 Å². The smallest absolute Gasteiger partial charge is 0.243 e. The van der Waals surface area contributed by atoms with Gasteiger partial charge < -0.3 is 9.64 Å². The van der Waals surface area contributed by atoms with Crippen molar-refractivity contribution in [2.75, 3.05) is 32.8 Å². The summed E-state index contributed by atoms with van der Waals surface area (Å²) >= 11 is 6.23. The molecule has 0 radical (unpaired) electrons. The summed E-state index contributed by atoms with van der Waals surface area (Å²) in [5.41, 5.74) is 1.34. The largest absolute Gasteiger partial charge is 0.492 e. The van der Waals surface area contributed by atoms with Crippen molar-refractivity contribution in [1.29, 1.82) is 0 Å². The van der Waals surface area contributed by atoms with Gasteiger partial charge >= 0.3 is 0 Å². The molecule has 0 unspecified atom stereocenters. The Hall–Kier alpha value is -2.09. The topological polar surface area (TPSA) is 66.9 Å². The van der Waals surface area contributed by atoms with E-state index in [0.29, 0.717) is 31.2 Å². The van der Waals surface area contributed by atoms with Crippen LogP contribution in [-0.2, 0) is 21.2 Å². The van der Waals surface area contributed by atoms with Gasteiger partial charge in [-0.15, -0.1) is 0 Å². The molecular weight excluding hydrogens is 472 g/mol. The van der Waals surface area contributed by atoms with Gasteiger partial charge in [-0.25, -0.2) is 8.42 Å². The van der Waals surface area contributed by atoms with Crippen molar-refractivity contribution in [1.82, 2.24) is 9.21 Å². The molecule has 2 saturated heterocycles. The van der Waals surface area contributed by atoms with Crippen molar-refractivity contribution in [3.63, 3.8) is 0 Å². The van der Waals surface area contributed by atoms with Crippen LogP contribution in [0.4, 0.5) is 0 Å². The Bertz CT molecular complexity index is 1090. The lowest BCUT2D eigenvalue weighted by atomic mass is 9.89. The number of hydrogen-bond donors (Lipinski definition) is 0. The number of sulfonamides is 1. The Kier molecular flexibility index (Phi) is 8.17. The van der Waals surface area contributed by atoms with Gasteiger partial charge in [0.05, 0.1) is 22.4 Å². The fraction of sp³-hybridized carbons (Fsp3) is 0.500. The maximum Gasteiger partial charge on any atom is 0.243 e. The minimum absolute atomic E-state index is 0.0859. The van der Waals surface area contributed by atoms with E-state index in [1.54, 1.807) is 6.07 Å². The number of nitrogens with zero attached hydrogens (tertiary/aromatic N) is 2. The molecule has 1 amide bonds. The van der Waals surface area contributed by atoms with Gasteiger partial charge in [0.2, 0.25) is 15.9 Å². The van der Waals surface area contributed by atoms with Crippen LogP contribution >= 0.6 is 11.6 Å². The monoisotopic (exact) mass is 504 g/mol. The average Bonchev–Trinajstić information content (AvgIpc) is 2.86. The molecule has 0 spiro atoms. The Morgan fingerprint density at radius 3 is 2.47 bits per heavy atom. The average molecular weight is 505 g/mol. The molecule has 6 nitrogen and oxygen atoms in total. The number of hydrogen-bond acceptors (Lipinski definition) is 4. The van der Waals surface area contributed by atoms with Crippen LogP contribution in [0.3, 0.4) is 0 Å². The molecule has 8 heteroatoms. The summed E-state index contributed by atoms with van der Waals surface area (Å²) in [4.78, 5) is 15.3. The van der Waals surface area contributed by atoms with Gasteiger partial charge in [-0.2, -0.15) is 4.31 Å². The lowest BCUT2D eigenvalue weighted by molar-refractivity contribution is -0.138. The van der Waals surface area contributed by atoms with Crippen LogP contribution in [0.2, 0.25) is 5.02 Å². The van der Waals surface area contributed by atoms with Gasteiger partial charge in [0.25, 0.3) is 0 Å². The lowest BCUT2D eigenvalue weighted by Gasteiger charge is -2.37. The predicted molar refractivity (Wildman–Crippen MR) is 134 cm³/mol. The SMILES string of the molecule is CCOc1ccc(S(=O)(=O)N2CCC[C@H](C(=O)N3CCC(Cc4ccccc4)CC3)C2)cc1Cl. The molecule has 2 aromatic carbocycles. The highest BCUT2D eigenvalue weighted by atomic mass is 35.5. The standard InChI is InChI=1S/C26H33ClN2O4S/c1-2-33-25-11-10-23(18-24(25)27)34(31,32)29-14-6-9-22(19-29)26(30)28-15-12-21(13-16-28)17-20-7-4-3-5-8-20/h3-5,7-8,10-11,18,21-22H,2,6,9,12-17,19H2,1H3/t22-/m0/s1. The minimum atomic E-state index is -3.73. The fourth-order valence-corrected chi connectivity index (χ4v) is 6.84. The highest BCUT2D eigenvalue weighted by molar-refractivity contribution is 7.89. The molecule has 0 saturated carbocycles. The Morgan fingerprint density at radius 2 is 1.79 bits per heavy atom. The molecule has 2 aromatic rings. The second-order valence-electron chi connectivity index (χ2n) is 9.19. The third-order valence-corrected chi connectivity index (χ3v) is 9.02. The van der Waals surface area contributed by atoms with Crippen molar-refractivity contribution in [2.45, 2.75) is 43.9 Å². The van der Waals surface area contributed by atoms with E-state index in [0.717, 1.165) is 38.8 Å². The number of ether oxygens (including phenoxy) is 1. The van der Waals surface area contributed by atoms with E-state index in [4.69, 9.17) is 16.3 Å². The van der Waals surface area contributed by atoms with Crippen LogP contribution in [0.15, 0.2) is 53.4 Å². The van der Waals surface area contributed by atoms with Crippen molar-refractivity contribution in [2.24, 2.45) is 11.8 Å². The van der Waals surface area contributed by atoms with Crippen LogP contribution in [0.25, 0.3) is 0 Å². The van der Waals surface area contributed by atoms with E-state index in [-0.39, 0.29) is 28.3 Å². The van der Waals surface area contributed by atoms with E-state index < -0.39 is 10.0 Å². The number of piperidine rings is 2. The molecule has 1 atom stereocenters. The first kappa shape index (κ1) is 25.0. The normalized spacial score (nSPS) is 20.3. The Morgan fingerprint density at radius 1 is 1.06 bits per heavy atom. The lowest BCUT2D eigenvalue weighted by Crippen LogP contribution is -2.48. The van der Waals surface area contributed by atoms with E-state index in [1.807, 2.05) is 17.9 Å². The first-order valence-electron chi connectivity index (χ1n) is 12.1. The van der Waals surface area contributed by atoms with Gasteiger partial charge in [-0.3, -0.25) is 4.79 Å². The van der Waals surface area contributed by atoms with E-state index in [1.165, 1.54) is 22.0 Å². The molecule has 0 aromatic heterocycles. The first-order valence-corrected chi connectivity index (χ1v) is 14.0. The number of halogens is 1. The molecule has 0 N–H and O–H groups in total. The predicted octanol–water partition coefficient (Wildman–Crippen LogP) is 4.62. The Balaban J connectivity index is 1.36. The number of carbonyl (C=O) groups is 1. The number of rotatable bonds is 7. The molecule has 0 aliphatic carbocycles. The van der Waals surface area contributed by atoms with E-state index >= 15 is 0 Å². The van der Waals surface area contributed by atoms with Gasteiger partial charge in [0.1, 0.15) is 5.75 Å². The molecule has 0 bridgehead atoms. The van der Waals surface area contributed by atoms with Gasteiger partial charge in [0, 0.05) is 26.2 Å². The zero-order valence-electron chi connectivity index (χ0n) is 19.7. The van der Waals surface area contributed by atoms with Crippen LogP contribution in [0, 0.1) is 11.8 Å². The molecule has 184 valence electrons. The molecule has 2 fully saturated rings. The summed E-state index contributed by atoms with van der Waals surface area (Å²) in [6.45, 7) is 4.41. The quantitative estimate of drug-likeness (QED) is 0.551. The van der Waals surface area contributed by atoms with Crippen molar-refractivity contribution >= 4 is 27.5 Å². The van der Waals surface area contributed by atoms with E-state index in [2.05, 4.69) is 24.3 Å². The van der Waals surface area contributed by atoms with Gasteiger partial charge in [0.15, 0.2) is 0 Å². The van der Waals surface area contributed by atoms with Crippen LogP contribution < -0.4 is 4.74 Å². The number of amides is 1. The maximum absolute atomic E-state index is 13.3. The molecular formula is C26H33ClN2O4S. The molecule has 2 heterocycles. The minimum Gasteiger partial charge on any atom is -0.492 e. The summed E-state index contributed by atoms with van der Waals surface area (Å²) in [6.07, 6.45) is 4.41. The third-order valence-electron chi connectivity index (χ3n) is 6.87. The highest BCUT2D eigenvalue weighted by Gasteiger charge is 2.36. The summed E-state index contributed by atoms with van der Waals surface area (Å²) < 4.78 is 33.4. The second-order valence-corrected chi connectivity index (χ2v) is 11.5. The number of likely N-dealkylation sites (tertiary alicyclic amines) is 1. The number of benzene rings is 2. The molecule has 2 aliphatic rings. The summed E-state index contributed by atoms with van der Waals surface area (Å²) in [6, 6.07) is 15.0. The molecule has 2 aliphatic heterocycles. The zero-order valence-corrected chi connectivity index (χ0v) is 21.2. The van der Waals surface area contributed by atoms with Gasteiger partial charge in [-0.1, -0.05) is 41.9 Å². The van der Waals surface area contributed by atoms with Crippen molar-refractivity contribution in [3.05, 3.63) is 59.1 Å². The fourth-order valence-electron chi connectivity index (χ4n) is 4.99. The van der Waals surface area contributed by atoms with Crippen LogP contribution in [-0.4, -0.2) is 56.3 Å². The zero-order chi connectivity index (χ0) is 24.1. The van der Waals surface area contributed by atoms with Gasteiger partial charge in [-0.05, 0) is 68.7 Å². The third kappa shape index (κ3) is 5.75. The summed E-state index contributed by atoms with van der Waals surface area (Å²) in [7, 11) is -3.73. The second kappa shape index (κ2) is 11.1. The summed E-state index contributed by atoms with van der Waals surface area (Å²) in [5, 5.41) is 0.269. The van der Waals surface area contributed by atoms with E-state index in [9.17, 15) is 13.2 Å².